The van der Waals surface area contributed by atoms with Crippen molar-refractivity contribution in [2.45, 2.75) is 12.5 Å². The summed E-state index contributed by atoms with van der Waals surface area (Å²) in [6, 6.07) is 4.62. The van der Waals surface area contributed by atoms with Gasteiger partial charge in [0.1, 0.15) is 0 Å². The standard InChI is InChI=1S/C14H21FN2O2/c1-19-14-3-2-11(10-12(14)15)13(18)4-7-17-8-5-16-6-9-17/h2-3,10,13,16,18H,4-9H2,1H3. The summed E-state index contributed by atoms with van der Waals surface area (Å²) >= 11 is 0. The molecule has 0 amide bonds. The van der Waals surface area contributed by atoms with Gasteiger partial charge in [-0.3, -0.25) is 0 Å². The van der Waals surface area contributed by atoms with Crippen molar-refractivity contribution < 1.29 is 14.2 Å². The smallest absolute Gasteiger partial charge is 0.165 e. The molecule has 0 saturated carbocycles. The van der Waals surface area contributed by atoms with E-state index in [9.17, 15) is 9.50 Å². The Morgan fingerprint density at radius 3 is 2.79 bits per heavy atom. The van der Waals surface area contributed by atoms with Crippen molar-refractivity contribution in [2.75, 3.05) is 39.8 Å². The first-order valence-electron chi connectivity index (χ1n) is 6.65. The Hall–Kier alpha value is -1.17. The van der Waals surface area contributed by atoms with Crippen molar-refractivity contribution >= 4 is 0 Å². The van der Waals surface area contributed by atoms with Crippen molar-refractivity contribution in [3.63, 3.8) is 0 Å². The molecule has 0 bridgehead atoms. The lowest BCUT2D eigenvalue weighted by atomic mass is 10.1. The van der Waals surface area contributed by atoms with Crippen molar-refractivity contribution in [1.82, 2.24) is 10.2 Å². The first-order valence-corrected chi connectivity index (χ1v) is 6.65. The summed E-state index contributed by atoms with van der Waals surface area (Å²) in [5.74, 6) is -0.223. The van der Waals surface area contributed by atoms with Crippen molar-refractivity contribution in [3.8, 4) is 5.75 Å². The molecule has 106 valence electrons. The number of ether oxygens (including phenoxy) is 1. The zero-order valence-corrected chi connectivity index (χ0v) is 11.2. The molecule has 1 unspecified atom stereocenters. The van der Waals surface area contributed by atoms with Gasteiger partial charge in [0.25, 0.3) is 0 Å². The van der Waals surface area contributed by atoms with Crippen LogP contribution in [0.15, 0.2) is 18.2 Å². The average molecular weight is 268 g/mol. The monoisotopic (exact) mass is 268 g/mol. The molecule has 1 aliphatic heterocycles. The van der Waals surface area contributed by atoms with Crippen LogP contribution in [-0.2, 0) is 0 Å². The molecule has 1 atom stereocenters. The van der Waals surface area contributed by atoms with Crippen molar-refractivity contribution in [1.29, 1.82) is 0 Å². The third-order valence-corrected chi connectivity index (χ3v) is 3.49. The fraction of sp³-hybridized carbons (Fsp3) is 0.571. The minimum atomic E-state index is -0.629. The number of nitrogens with zero attached hydrogens (tertiary/aromatic N) is 1. The van der Waals surface area contributed by atoms with Crippen LogP contribution in [0.5, 0.6) is 5.75 Å². The molecule has 1 aliphatic rings. The van der Waals surface area contributed by atoms with Crippen LogP contribution in [0.4, 0.5) is 4.39 Å². The van der Waals surface area contributed by atoms with Crippen LogP contribution in [0.25, 0.3) is 0 Å². The van der Waals surface area contributed by atoms with Crippen LogP contribution in [0.1, 0.15) is 18.1 Å². The van der Waals surface area contributed by atoms with Gasteiger partial charge in [-0.2, -0.15) is 0 Å². The quantitative estimate of drug-likeness (QED) is 0.841. The van der Waals surface area contributed by atoms with E-state index in [0.717, 1.165) is 32.7 Å². The number of hydrogen-bond acceptors (Lipinski definition) is 4. The molecular weight excluding hydrogens is 247 g/mol. The van der Waals surface area contributed by atoms with Gasteiger partial charge in [-0.25, -0.2) is 4.39 Å². The first kappa shape index (κ1) is 14.2. The summed E-state index contributed by atoms with van der Waals surface area (Å²) in [5.41, 5.74) is 0.605. The topological polar surface area (TPSA) is 44.7 Å². The van der Waals surface area contributed by atoms with E-state index in [1.807, 2.05) is 0 Å². The number of nitrogens with one attached hydrogen (secondary N) is 1. The summed E-state index contributed by atoms with van der Waals surface area (Å²) < 4.78 is 18.4. The number of halogens is 1. The van der Waals surface area contributed by atoms with Gasteiger partial charge in [-0.1, -0.05) is 6.07 Å². The maximum Gasteiger partial charge on any atom is 0.165 e. The highest BCUT2D eigenvalue weighted by atomic mass is 19.1. The number of piperazine rings is 1. The highest BCUT2D eigenvalue weighted by Crippen LogP contribution is 2.23. The van der Waals surface area contributed by atoms with E-state index in [-0.39, 0.29) is 5.75 Å². The number of aliphatic hydroxyl groups is 1. The van der Waals surface area contributed by atoms with E-state index in [1.54, 1.807) is 12.1 Å². The van der Waals surface area contributed by atoms with Crippen molar-refractivity contribution in [3.05, 3.63) is 29.6 Å². The molecule has 2 rings (SSSR count). The molecule has 0 aliphatic carbocycles. The maximum absolute atomic E-state index is 13.6. The lowest BCUT2D eigenvalue weighted by Crippen LogP contribution is -2.44. The van der Waals surface area contributed by atoms with Gasteiger partial charge in [-0.05, 0) is 24.1 Å². The average Bonchev–Trinajstić information content (AvgIpc) is 2.45. The zero-order chi connectivity index (χ0) is 13.7. The second-order valence-corrected chi connectivity index (χ2v) is 4.79. The summed E-state index contributed by atoms with van der Waals surface area (Å²) in [6.45, 7) is 4.82. The van der Waals surface area contributed by atoms with E-state index < -0.39 is 11.9 Å². The number of rotatable bonds is 5. The SMILES string of the molecule is COc1ccc(C(O)CCN2CCNCC2)cc1F. The van der Waals surface area contributed by atoms with Gasteiger partial charge >= 0.3 is 0 Å². The first-order chi connectivity index (χ1) is 9.20. The van der Waals surface area contributed by atoms with Crippen LogP contribution in [-0.4, -0.2) is 49.8 Å². The molecule has 1 fully saturated rings. The van der Waals surface area contributed by atoms with Gasteiger partial charge in [0.15, 0.2) is 11.6 Å². The van der Waals surface area contributed by atoms with E-state index >= 15 is 0 Å². The Morgan fingerprint density at radius 2 is 2.16 bits per heavy atom. The van der Waals surface area contributed by atoms with E-state index in [2.05, 4.69) is 10.2 Å². The summed E-state index contributed by atoms with van der Waals surface area (Å²) in [6.07, 6.45) is -0.0125. The van der Waals surface area contributed by atoms with Crippen LogP contribution in [0, 0.1) is 5.82 Å². The van der Waals surface area contributed by atoms with Crippen LogP contribution in [0.2, 0.25) is 0 Å². The molecule has 0 radical (unpaired) electrons. The Balaban J connectivity index is 1.88. The number of methoxy groups -OCH3 is 1. The van der Waals surface area contributed by atoms with Crippen molar-refractivity contribution in [2.24, 2.45) is 0 Å². The van der Waals surface area contributed by atoms with Crippen LogP contribution < -0.4 is 10.1 Å². The Bertz CT molecular complexity index is 408. The Labute approximate surface area is 113 Å². The minimum absolute atomic E-state index is 0.207. The zero-order valence-electron chi connectivity index (χ0n) is 11.2. The summed E-state index contributed by atoms with van der Waals surface area (Å²) in [5, 5.41) is 13.4. The lowest BCUT2D eigenvalue weighted by Gasteiger charge is -2.28. The fourth-order valence-corrected chi connectivity index (χ4v) is 2.30. The normalized spacial score (nSPS) is 18.3. The Morgan fingerprint density at radius 1 is 1.42 bits per heavy atom. The number of hydrogen-bond donors (Lipinski definition) is 2. The fourth-order valence-electron chi connectivity index (χ4n) is 2.30. The van der Waals surface area contributed by atoms with Crippen LogP contribution in [0.3, 0.4) is 0 Å². The molecular formula is C14H21FN2O2. The van der Waals surface area contributed by atoms with Gasteiger partial charge < -0.3 is 20.1 Å². The largest absolute Gasteiger partial charge is 0.494 e. The Kier molecular flexibility index (Phi) is 5.13. The molecule has 0 spiro atoms. The van der Waals surface area contributed by atoms with Crippen LogP contribution >= 0.6 is 0 Å². The molecule has 1 aromatic carbocycles. The third-order valence-electron chi connectivity index (χ3n) is 3.49. The van der Waals surface area contributed by atoms with Gasteiger partial charge in [-0.15, -0.1) is 0 Å². The van der Waals surface area contributed by atoms with Gasteiger partial charge in [0.05, 0.1) is 13.2 Å². The van der Waals surface area contributed by atoms with Gasteiger partial charge in [0, 0.05) is 32.7 Å². The molecule has 1 heterocycles. The van der Waals surface area contributed by atoms with Gasteiger partial charge in [0.2, 0.25) is 0 Å². The summed E-state index contributed by atoms with van der Waals surface area (Å²) in [4.78, 5) is 2.31. The second-order valence-electron chi connectivity index (χ2n) is 4.79. The predicted octanol–water partition coefficient (Wildman–Crippen LogP) is 1.16. The molecule has 1 aromatic rings. The molecule has 2 N–H and O–H groups in total. The highest BCUT2D eigenvalue weighted by Gasteiger charge is 2.14. The molecule has 5 heteroatoms. The second kappa shape index (κ2) is 6.84. The lowest BCUT2D eigenvalue weighted by molar-refractivity contribution is 0.136. The highest BCUT2D eigenvalue weighted by molar-refractivity contribution is 5.30. The van der Waals surface area contributed by atoms with E-state index in [0.29, 0.717) is 12.0 Å². The number of aliphatic hydroxyl groups excluding tert-OH is 1. The maximum atomic E-state index is 13.6. The third kappa shape index (κ3) is 3.89. The minimum Gasteiger partial charge on any atom is -0.494 e. The molecule has 0 aromatic heterocycles. The van der Waals surface area contributed by atoms with E-state index in [1.165, 1.54) is 13.2 Å². The molecule has 19 heavy (non-hydrogen) atoms. The molecule has 4 nitrogen and oxygen atoms in total. The summed E-state index contributed by atoms with van der Waals surface area (Å²) in [7, 11) is 1.43. The van der Waals surface area contributed by atoms with E-state index in [4.69, 9.17) is 4.74 Å². The number of benzene rings is 1. The molecule has 1 saturated heterocycles. The predicted molar refractivity (Wildman–Crippen MR) is 71.8 cm³/mol.